The number of nitrogens with zero attached hydrogens (tertiary/aromatic N) is 1. The number of fused-ring (bicyclic) bond motifs is 1. The van der Waals surface area contributed by atoms with Crippen molar-refractivity contribution in [1.82, 2.24) is 0 Å². The Hall–Kier alpha value is -1.53. The molecular weight excluding hydrogens is 248 g/mol. The molecule has 0 saturated heterocycles. The molecule has 0 aliphatic heterocycles. The number of nitrogens with one attached hydrogen (secondary N) is 1. The van der Waals surface area contributed by atoms with E-state index in [1.165, 1.54) is 12.8 Å². The highest BCUT2D eigenvalue weighted by atomic mass is 16.3. The summed E-state index contributed by atoms with van der Waals surface area (Å²) in [4.78, 5) is 0. The van der Waals surface area contributed by atoms with Crippen molar-refractivity contribution < 1.29 is 5.11 Å². The molecule has 0 bridgehead atoms. The van der Waals surface area contributed by atoms with Crippen molar-refractivity contribution in [2.45, 2.75) is 56.6 Å². The van der Waals surface area contributed by atoms with E-state index in [0.717, 1.165) is 37.8 Å². The molecule has 0 radical (unpaired) electrons. The number of hydrogen-bond acceptors (Lipinski definition) is 3. The lowest BCUT2D eigenvalue weighted by Gasteiger charge is -2.49. The lowest BCUT2D eigenvalue weighted by Crippen LogP contribution is -2.56. The molecule has 3 rings (SSSR count). The van der Waals surface area contributed by atoms with E-state index in [4.69, 9.17) is 5.26 Å². The lowest BCUT2D eigenvalue weighted by atomic mass is 9.65. The molecule has 3 heteroatoms. The third-order valence-electron chi connectivity index (χ3n) is 5.07. The largest absolute Gasteiger partial charge is 0.387 e. The van der Waals surface area contributed by atoms with Gasteiger partial charge in [-0.2, -0.15) is 5.26 Å². The van der Waals surface area contributed by atoms with E-state index in [1.807, 2.05) is 24.3 Å². The quantitative estimate of drug-likeness (QED) is 0.865. The van der Waals surface area contributed by atoms with Crippen LogP contribution in [0.3, 0.4) is 0 Å². The van der Waals surface area contributed by atoms with Gasteiger partial charge in [-0.25, -0.2) is 0 Å². The maximum atomic E-state index is 11.1. The minimum atomic E-state index is -0.556. The van der Waals surface area contributed by atoms with Gasteiger partial charge in [0.1, 0.15) is 0 Å². The summed E-state index contributed by atoms with van der Waals surface area (Å²) in [5.41, 5.74) is 1.06. The third kappa shape index (κ3) is 2.41. The molecule has 0 heterocycles. The minimum Gasteiger partial charge on any atom is -0.387 e. The fourth-order valence-corrected chi connectivity index (χ4v) is 4.00. The van der Waals surface area contributed by atoms with Crippen molar-refractivity contribution in [3.8, 4) is 6.07 Å². The summed E-state index contributed by atoms with van der Waals surface area (Å²) < 4.78 is 0. The summed E-state index contributed by atoms with van der Waals surface area (Å²) in [6, 6.07) is 9.85. The first-order valence-corrected chi connectivity index (χ1v) is 7.71. The molecule has 0 aromatic heterocycles. The Morgan fingerprint density at radius 3 is 2.90 bits per heavy atom. The number of aliphatic hydroxyl groups is 1. The van der Waals surface area contributed by atoms with Gasteiger partial charge in [0, 0.05) is 5.69 Å². The average Bonchev–Trinajstić information content (AvgIpc) is 2.48. The molecule has 3 atom stereocenters. The van der Waals surface area contributed by atoms with Crippen molar-refractivity contribution in [2.24, 2.45) is 5.92 Å². The van der Waals surface area contributed by atoms with Gasteiger partial charge in [-0.05, 0) is 49.8 Å². The SMILES string of the molecule is N#Cc1cccc(NC2CCC[C@H]3CCCC[C@]23O)c1. The van der Waals surface area contributed by atoms with E-state index in [2.05, 4.69) is 11.4 Å². The van der Waals surface area contributed by atoms with Crippen LogP contribution in [0.15, 0.2) is 24.3 Å². The Morgan fingerprint density at radius 2 is 2.05 bits per heavy atom. The molecule has 2 aliphatic rings. The molecule has 1 unspecified atom stereocenters. The van der Waals surface area contributed by atoms with Gasteiger partial charge in [0.2, 0.25) is 0 Å². The molecule has 2 saturated carbocycles. The van der Waals surface area contributed by atoms with Crippen molar-refractivity contribution in [1.29, 1.82) is 5.26 Å². The zero-order valence-corrected chi connectivity index (χ0v) is 11.8. The standard InChI is InChI=1S/C17H22N2O/c18-12-13-5-3-8-15(11-13)19-16-9-4-7-14-6-1-2-10-17(14,16)20/h3,5,8,11,14,16,19-20H,1-2,4,6-7,9-10H2/t14-,16?,17-/m1/s1. The molecule has 20 heavy (non-hydrogen) atoms. The van der Waals surface area contributed by atoms with Gasteiger partial charge < -0.3 is 10.4 Å². The average molecular weight is 270 g/mol. The Morgan fingerprint density at radius 1 is 1.20 bits per heavy atom. The summed E-state index contributed by atoms with van der Waals surface area (Å²) in [6.45, 7) is 0. The van der Waals surface area contributed by atoms with E-state index in [9.17, 15) is 5.11 Å². The van der Waals surface area contributed by atoms with Crippen LogP contribution < -0.4 is 5.32 Å². The Labute approximate surface area is 120 Å². The molecular formula is C17H22N2O. The molecule has 1 aromatic rings. The summed E-state index contributed by atoms with van der Waals surface area (Å²) >= 11 is 0. The van der Waals surface area contributed by atoms with Gasteiger partial charge in [-0.1, -0.05) is 25.3 Å². The first kappa shape index (κ1) is 13.5. The number of anilines is 1. The molecule has 0 spiro atoms. The van der Waals surface area contributed by atoms with Crippen LogP contribution >= 0.6 is 0 Å². The summed E-state index contributed by atoms with van der Waals surface area (Å²) in [5, 5.41) is 23.6. The Balaban J connectivity index is 1.80. The highest BCUT2D eigenvalue weighted by Crippen LogP contribution is 2.44. The van der Waals surface area contributed by atoms with Gasteiger partial charge in [0.05, 0.1) is 23.3 Å². The first-order valence-electron chi connectivity index (χ1n) is 7.71. The molecule has 2 fully saturated rings. The van der Waals surface area contributed by atoms with Crippen LogP contribution in [0.4, 0.5) is 5.69 Å². The molecule has 1 aromatic carbocycles. The second-order valence-corrected chi connectivity index (χ2v) is 6.25. The van der Waals surface area contributed by atoms with Gasteiger partial charge in [-0.3, -0.25) is 0 Å². The molecule has 3 nitrogen and oxygen atoms in total. The third-order valence-corrected chi connectivity index (χ3v) is 5.07. The summed E-state index contributed by atoms with van der Waals surface area (Å²) in [7, 11) is 0. The maximum Gasteiger partial charge on any atom is 0.0992 e. The number of rotatable bonds is 2. The number of nitriles is 1. The first-order chi connectivity index (χ1) is 9.72. The van der Waals surface area contributed by atoms with Crippen molar-refractivity contribution in [3.63, 3.8) is 0 Å². The normalized spacial score (nSPS) is 33.0. The van der Waals surface area contributed by atoms with Gasteiger partial charge in [0.25, 0.3) is 0 Å². The lowest BCUT2D eigenvalue weighted by molar-refractivity contribution is -0.0835. The van der Waals surface area contributed by atoms with Crippen LogP contribution in [-0.2, 0) is 0 Å². The smallest absolute Gasteiger partial charge is 0.0992 e. The van der Waals surface area contributed by atoms with E-state index in [1.54, 1.807) is 0 Å². The van der Waals surface area contributed by atoms with Crippen molar-refractivity contribution in [2.75, 3.05) is 5.32 Å². The van der Waals surface area contributed by atoms with E-state index < -0.39 is 5.60 Å². The number of benzene rings is 1. The second-order valence-electron chi connectivity index (χ2n) is 6.25. The van der Waals surface area contributed by atoms with Crippen LogP contribution in [-0.4, -0.2) is 16.7 Å². The fraction of sp³-hybridized carbons (Fsp3) is 0.588. The van der Waals surface area contributed by atoms with Crippen LogP contribution in [0.2, 0.25) is 0 Å². The summed E-state index contributed by atoms with van der Waals surface area (Å²) in [6.07, 6.45) is 7.81. The van der Waals surface area contributed by atoms with E-state index in [0.29, 0.717) is 11.5 Å². The molecule has 2 aliphatic carbocycles. The zero-order valence-electron chi connectivity index (χ0n) is 11.8. The van der Waals surface area contributed by atoms with Crippen LogP contribution in [0.5, 0.6) is 0 Å². The highest BCUT2D eigenvalue weighted by Gasteiger charge is 2.47. The van der Waals surface area contributed by atoms with E-state index in [-0.39, 0.29) is 6.04 Å². The Kier molecular flexibility index (Phi) is 3.67. The maximum absolute atomic E-state index is 11.1. The van der Waals surface area contributed by atoms with E-state index >= 15 is 0 Å². The number of hydrogen-bond donors (Lipinski definition) is 2. The fourth-order valence-electron chi connectivity index (χ4n) is 4.00. The van der Waals surface area contributed by atoms with Gasteiger partial charge in [0.15, 0.2) is 0 Å². The topological polar surface area (TPSA) is 56.0 Å². The molecule has 0 amide bonds. The second kappa shape index (κ2) is 5.46. The Bertz CT molecular complexity index is 520. The predicted molar refractivity (Wildman–Crippen MR) is 79.3 cm³/mol. The van der Waals surface area contributed by atoms with Crippen LogP contribution in [0.1, 0.15) is 50.5 Å². The summed E-state index contributed by atoms with van der Waals surface area (Å²) in [5.74, 6) is 0.446. The van der Waals surface area contributed by atoms with Crippen LogP contribution in [0.25, 0.3) is 0 Å². The molecule has 106 valence electrons. The monoisotopic (exact) mass is 270 g/mol. The van der Waals surface area contributed by atoms with Crippen LogP contribution in [0, 0.1) is 17.2 Å². The highest BCUT2D eigenvalue weighted by molar-refractivity contribution is 5.50. The molecule has 2 N–H and O–H groups in total. The van der Waals surface area contributed by atoms with Crippen molar-refractivity contribution >= 4 is 5.69 Å². The predicted octanol–water partition coefficient (Wildman–Crippen LogP) is 3.44. The van der Waals surface area contributed by atoms with Gasteiger partial charge in [-0.15, -0.1) is 0 Å². The van der Waals surface area contributed by atoms with Gasteiger partial charge >= 0.3 is 0 Å². The minimum absolute atomic E-state index is 0.121. The van der Waals surface area contributed by atoms with Crippen molar-refractivity contribution in [3.05, 3.63) is 29.8 Å². The zero-order chi connectivity index (χ0) is 14.0.